The van der Waals surface area contributed by atoms with Crippen molar-refractivity contribution in [2.45, 2.75) is 6.42 Å². The summed E-state index contributed by atoms with van der Waals surface area (Å²) in [4.78, 5) is 31.5. The zero-order valence-electron chi connectivity index (χ0n) is 17.4. The zero-order valence-corrected chi connectivity index (χ0v) is 17.4. The van der Waals surface area contributed by atoms with Crippen molar-refractivity contribution in [3.63, 3.8) is 0 Å². The van der Waals surface area contributed by atoms with Crippen LogP contribution in [0.4, 0.5) is 11.4 Å². The Morgan fingerprint density at radius 3 is 2.25 bits per heavy atom. The summed E-state index contributed by atoms with van der Waals surface area (Å²) in [6.07, 6.45) is 4.02. The number of hydrogen-bond donors (Lipinski definition) is 1. The van der Waals surface area contributed by atoms with E-state index in [4.69, 9.17) is 0 Å². The number of rotatable bonds is 4. The summed E-state index contributed by atoms with van der Waals surface area (Å²) in [7, 11) is 0. The van der Waals surface area contributed by atoms with Gasteiger partial charge >= 0.3 is 0 Å². The largest absolute Gasteiger partial charge is 0.322 e. The summed E-state index contributed by atoms with van der Waals surface area (Å²) < 4.78 is 0. The van der Waals surface area contributed by atoms with Crippen LogP contribution < -0.4 is 10.2 Å². The molecule has 1 N–H and O–H groups in total. The van der Waals surface area contributed by atoms with Crippen LogP contribution in [0.15, 0.2) is 97.3 Å². The van der Waals surface area contributed by atoms with Crippen LogP contribution in [0.25, 0.3) is 11.1 Å². The van der Waals surface area contributed by atoms with Gasteiger partial charge in [0.05, 0.1) is 0 Å². The fraction of sp³-hybridized carbons (Fsp3) is 0.0741. The molecule has 0 spiro atoms. The molecule has 5 nitrogen and oxygen atoms in total. The quantitative estimate of drug-likeness (QED) is 0.494. The van der Waals surface area contributed by atoms with Gasteiger partial charge < -0.3 is 10.2 Å². The molecule has 0 atom stereocenters. The number of nitrogens with zero attached hydrogens (tertiary/aromatic N) is 2. The van der Waals surface area contributed by atoms with Gasteiger partial charge in [0.1, 0.15) is 0 Å². The molecule has 1 aromatic heterocycles. The van der Waals surface area contributed by atoms with Crippen LogP contribution in [0.1, 0.15) is 26.3 Å². The van der Waals surface area contributed by atoms with Gasteiger partial charge in [-0.1, -0.05) is 48.5 Å². The third-order valence-corrected chi connectivity index (χ3v) is 5.67. The van der Waals surface area contributed by atoms with E-state index in [9.17, 15) is 9.59 Å². The van der Waals surface area contributed by atoms with Gasteiger partial charge in [0.15, 0.2) is 0 Å². The maximum Gasteiger partial charge on any atom is 0.258 e. The minimum Gasteiger partial charge on any atom is -0.322 e. The molecule has 1 aliphatic heterocycles. The van der Waals surface area contributed by atoms with E-state index in [1.54, 1.807) is 29.4 Å². The Morgan fingerprint density at radius 1 is 0.781 bits per heavy atom. The average molecular weight is 419 g/mol. The maximum absolute atomic E-state index is 12.9. The number of amides is 2. The number of anilines is 2. The van der Waals surface area contributed by atoms with E-state index in [1.807, 2.05) is 72.8 Å². The second kappa shape index (κ2) is 8.47. The van der Waals surface area contributed by atoms with Crippen molar-refractivity contribution in [1.82, 2.24) is 4.98 Å². The number of carbonyl (C=O) groups is 2. The van der Waals surface area contributed by atoms with Crippen molar-refractivity contribution in [2.24, 2.45) is 0 Å². The highest BCUT2D eigenvalue weighted by atomic mass is 16.2. The number of aromatic nitrogens is 1. The molecule has 0 unspecified atom stereocenters. The van der Waals surface area contributed by atoms with Crippen LogP contribution >= 0.6 is 0 Å². The maximum atomic E-state index is 12.9. The van der Waals surface area contributed by atoms with E-state index in [2.05, 4.69) is 10.3 Å². The fourth-order valence-corrected chi connectivity index (χ4v) is 3.97. The number of pyridine rings is 1. The predicted octanol–water partition coefficient (Wildman–Crippen LogP) is 5.20. The Hall–Kier alpha value is -4.25. The van der Waals surface area contributed by atoms with Crippen molar-refractivity contribution in [1.29, 1.82) is 0 Å². The van der Waals surface area contributed by atoms with Crippen LogP contribution in [0, 0.1) is 0 Å². The van der Waals surface area contributed by atoms with Crippen LogP contribution in [-0.4, -0.2) is 23.3 Å². The van der Waals surface area contributed by atoms with Gasteiger partial charge in [-0.2, -0.15) is 0 Å². The molecule has 0 saturated heterocycles. The van der Waals surface area contributed by atoms with Crippen LogP contribution in [0.2, 0.25) is 0 Å². The molecular weight excluding hydrogens is 398 g/mol. The Bertz CT molecular complexity index is 1270. The number of carbonyl (C=O) groups excluding carboxylic acids is 2. The van der Waals surface area contributed by atoms with Gasteiger partial charge in [0, 0.05) is 41.4 Å². The number of fused-ring (bicyclic) bond motifs is 1. The molecule has 0 aliphatic carbocycles. The van der Waals surface area contributed by atoms with Crippen molar-refractivity contribution in [3.8, 4) is 11.1 Å². The molecule has 0 bridgehead atoms. The van der Waals surface area contributed by atoms with E-state index < -0.39 is 0 Å². The molecule has 0 fully saturated rings. The number of hydrogen-bond acceptors (Lipinski definition) is 3. The summed E-state index contributed by atoms with van der Waals surface area (Å²) in [5, 5.41) is 2.96. The van der Waals surface area contributed by atoms with Gasteiger partial charge in [-0.25, -0.2) is 0 Å². The lowest BCUT2D eigenvalue weighted by molar-refractivity contribution is 0.0988. The summed E-state index contributed by atoms with van der Waals surface area (Å²) in [5.41, 5.74) is 5.94. The van der Waals surface area contributed by atoms with Gasteiger partial charge in [-0.15, -0.1) is 0 Å². The molecule has 5 heteroatoms. The first kappa shape index (κ1) is 19.7. The highest BCUT2D eigenvalue weighted by molar-refractivity contribution is 6.08. The molecule has 0 saturated carbocycles. The van der Waals surface area contributed by atoms with Gasteiger partial charge in [-0.05, 0) is 59.5 Å². The molecule has 4 aromatic rings. The molecular formula is C27H21N3O2. The average Bonchev–Trinajstić information content (AvgIpc) is 3.28. The van der Waals surface area contributed by atoms with Gasteiger partial charge in [0.2, 0.25) is 0 Å². The SMILES string of the molecule is O=C(Nc1ccc2c(c1)N(C(=O)c1ccncc1)CC2)c1ccc(-c2ccccc2)cc1. The van der Waals surface area contributed by atoms with Crippen molar-refractivity contribution in [3.05, 3.63) is 114 Å². The monoisotopic (exact) mass is 419 g/mol. The van der Waals surface area contributed by atoms with E-state index >= 15 is 0 Å². The lowest BCUT2D eigenvalue weighted by atomic mass is 10.0. The Morgan fingerprint density at radius 2 is 1.50 bits per heavy atom. The molecule has 2 amide bonds. The molecule has 156 valence electrons. The van der Waals surface area contributed by atoms with E-state index in [1.165, 1.54) is 0 Å². The van der Waals surface area contributed by atoms with Crippen molar-refractivity contribution in [2.75, 3.05) is 16.8 Å². The summed E-state index contributed by atoms with van der Waals surface area (Å²) in [6.45, 7) is 0.620. The lowest BCUT2D eigenvalue weighted by Crippen LogP contribution is -2.28. The minimum absolute atomic E-state index is 0.0638. The summed E-state index contributed by atoms with van der Waals surface area (Å²) in [6, 6.07) is 26.7. The summed E-state index contributed by atoms with van der Waals surface area (Å²) >= 11 is 0. The third kappa shape index (κ3) is 3.88. The second-order valence-corrected chi connectivity index (χ2v) is 7.68. The smallest absolute Gasteiger partial charge is 0.258 e. The molecule has 2 heterocycles. The number of nitrogens with one attached hydrogen (secondary N) is 1. The van der Waals surface area contributed by atoms with E-state index in [0.29, 0.717) is 23.4 Å². The normalized spacial score (nSPS) is 12.3. The zero-order chi connectivity index (χ0) is 21.9. The lowest BCUT2D eigenvalue weighted by Gasteiger charge is -2.18. The van der Waals surface area contributed by atoms with E-state index in [-0.39, 0.29) is 11.8 Å². The minimum atomic E-state index is -0.186. The number of benzene rings is 3. The Kier molecular flexibility index (Phi) is 5.22. The second-order valence-electron chi connectivity index (χ2n) is 7.68. The highest BCUT2D eigenvalue weighted by Gasteiger charge is 2.26. The highest BCUT2D eigenvalue weighted by Crippen LogP contribution is 2.32. The van der Waals surface area contributed by atoms with E-state index in [0.717, 1.165) is 28.8 Å². The van der Waals surface area contributed by atoms with Gasteiger partial charge in [0.25, 0.3) is 11.8 Å². The van der Waals surface area contributed by atoms with Crippen LogP contribution in [-0.2, 0) is 6.42 Å². The molecule has 1 aliphatic rings. The van der Waals surface area contributed by atoms with Crippen molar-refractivity contribution >= 4 is 23.2 Å². The first-order valence-corrected chi connectivity index (χ1v) is 10.5. The fourth-order valence-electron chi connectivity index (χ4n) is 3.97. The third-order valence-electron chi connectivity index (χ3n) is 5.67. The van der Waals surface area contributed by atoms with Crippen LogP contribution in [0.5, 0.6) is 0 Å². The topological polar surface area (TPSA) is 62.3 Å². The molecule has 5 rings (SSSR count). The predicted molar refractivity (Wildman–Crippen MR) is 126 cm³/mol. The first-order chi connectivity index (χ1) is 15.7. The van der Waals surface area contributed by atoms with Crippen LogP contribution in [0.3, 0.4) is 0 Å². The summed E-state index contributed by atoms with van der Waals surface area (Å²) in [5.74, 6) is -0.249. The Balaban J connectivity index is 1.33. The molecule has 0 radical (unpaired) electrons. The van der Waals surface area contributed by atoms with Crippen molar-refractivity contribution < 1.29 is 9.59 Å². The Labute approximate surface area is 186 Å². The first-order valence-electron chi connectivity index (χ1n) is 10.5. The molecule has 32 heavy (non-hydrogen) atoms. The van der Waals surface area contributed by atoms with Gasteiger partial charge in [-0.3, -0.25) is 14.6 Å². The molecule has 3 aromatic carbocycles. The standard InChI is InChI=1S/C27H21N3O2/c31-26(22-8-6-20(7-9-22)19-4-2-1-3-5-19)29-24-11-10-21-14-17-30(25(21)18-24)27(32)23-12-15-28-16-13-23/h1-13,15-16,18H,14,17H2,(H,29,31).